The number of nitrogens with one attached hydrogen (secondary N) is 1. The Labute approximate surface area is 101 Å². The zero-order valence-electron chi connectivity index (χ0n) is 9.92. The molecule has 90 valence electrons. The second-order valence-electron chi connectivity index (χ2n) is 3.91. The molecule has 4 nitrogen and oxygen atoms in total. The number of aliphatic hydroxyl groups excluding tert-OH is 1. The van der Waals surface area contributed by atoms with Crippen LogP contribution >= 0.6 is 11.6 Å². The van der Waals surface area contributed by atoms with Crippen LogP contribution in [0.15, 0.2) is 0 Å². The van der Waals surface area contributed by atoms with Gasteiger partial charge in [-0.25, -0.2) is 0 Å². The number of anilines is 1. The van der Waals surface area contributed by atoms with Gasteiger partial charge in [0, 0.05) is 6.54 Å². The predicted molar refractivity (Wildman–Crippen MR) is 65.9 cm³/mol. The number of nitrogens with zero attached hydrogens (tertiary/aromatic N) is 2. The lowest BCUT2D eigenvalue weighted by atomic mass is 10.2. The van der Waals surface area contributed by atoms with E-state index in [2.05, 4.69) is 15.5 Å². The average molecular weight is 244 g/mol. The van der Waals surface area contributed by atoms with Crippen LogP contribution in [0.2, 0.25) is 5.15 Å². The summed E-state index contributed by atoms with van der Waals surface area (Å²) in [7, 11) is 0. The van der Waals surface area contributed by atoms with Gasteiger partial charge in [0.1, 0.15) is 0 Å². The third-order valence-electron chi connectivity index (χ3n) is 2.59. The standard InChI is InChI=1S/C11H18ClN3O/c1-4-5-9(16)6-13-11-8(3)7(2)10(12)14-15-11/h9,16H,4-6H2,1-3H3,(H,13,15). The number of rotatable bonds is 5. The number of hydrogen-bond donors (Lipinski definition) is 2. The van der Waals surface area contributed by atoms with E-state index in [1.807, 2.05) is 20.8 Å². The van der Waals surface area contributed by atoms with E-state index < -0.39 is 0 Å². The minimum atomic E-state index is -0.345. The quantitative estimate of drug-likeness (QED) is 0.833. The maximum Gasteiger partial charge on any atom is 0.155 e. The first-order chi connectivity index (χ1) is 7.56. The second-order valence-corrected chi connectivity index (χ2v) is 4.27. The number of aliphatic hydroxyl groups is 1. The molecule has 0 saturated carbocycles. The summed E-state index contributed by atoms with van der Waals surface area (Å²) >= 11 is 5.85. The van der Waals surface area contributed by atoms with Crippen molar-refractivity contribution in [2.45, 2.75) is 39.7 Å². The van der Waals surface area contributed by atoms with Gasteiger partial charge in [-0.1, -0.05) is 24.9 Å². The number of hydrogen-bond acceptors (Lipinski definition) is 4. The van der Waals surface area contributed by atoms with Gasteiger partial charge >= 0.3 is 0 Å². The van der Waals surface area contributed by atoms with Gasteiger partial charge in [0.15, 0.2) is 11.0 Å². The molecule has 5 heteroatoms. The zero-order valence-corrected chi connectivity index (χ0v) is 10.7. The molecule has 1 unspecified atom stereocenters. The van der Waals surface area contributed by atoms with Crippen LogP contribution in [0.3, 0.4) is 0 Å². The van der Waals surface area contributed by atoms with Crippen molar-refractivity contribution in [3.05, 3.63) is 16.3 Å². The monoisotopic (exact) mass is 243 g/mol. The van der Waals surface area contributed by atoms with Gasteiger partial charge in [0.25, 0.3) is 0 Å². The molecule has 1 rings (SSSR count). The summed E-state index contributed by atoms with van der Waals surface area (Å²) in [5.74, 6) is 0.692. The molecule has 0 saturated heterocycles. The molecular formula is C11H18ClN3O. The highest BCUT2D eigenvalue weighted by Gasteiger charge is 2.09. The predicted octanol–water partition coefficient (Wildman–Crippen LogP) is 2.32. The molecule has 0 aliphatic rings. The molecule has 0 bridgehead atoms. The van der Waals surface area contributed by atoms with Crippen molar-refractivity contribution in [1.29, 1.82) is 0 Å². The van der Waals surface area contributed by atoms with E-state index in [-0.39, 0.29) is 6.10 Å². The Bertz CT molecular complexity index is 357. The molecule has 0 fully saturated rings. The molecule has 0 radical (unpaired) electrons. The average Bonchev–Trinajstić information content (AvgIpc) is 2.25. The molecule has 1 atom stereocenters. The largest absolute Gasteiger partial charge is 0.391 e. The molecule has 16 heavy (non-hydrogen) atoms. The maximum atomic E-state index is 9.59. The topological polar surface area (TPSA) is 58.0 Å². The van der Waals surface area contributed by atoms with Crippen molar-refractivity contribution in [2.75, 3.05) is 11.9 Å². The van der Waals surface area contributed by atoms with E-state index in [4.69, 9.17) is 11.6 Å². The number of aromatic nitrogens is 2. The molecule has 1 heterocycles. The first kappa shape index (κ1) is 13.2. The van der Waals surface area contributed by atoms with Crippen LogP contribution in [0.4, 0.5) is 5.82 Å². The Balaban J connectivity index is 2.64. The molecule has 0 amide bonds. The molecule has 0 spiro atoms. The van der Waals surface area contributed by atoms with Gasteiger partial charge in [-0.05, 0) is 31.4 Å². The van der Waals surface area contributed by atoms with Gasteiger partial charge in [-0.3, -0.25) is 0 Å². The highest BCUT2D eigenvalue weighted by Crippen LogP contribution is 2.20. The van der Waals surface area contributed by atoms with E-state index in [1.54, 1.807) is 0 Å². The molecular weight excluding hydrogens is 226 g/mol. The fourth-order valence-corrected chi connectivity index (χ4v) is 1.57. The highest BCUT2D eigenvalue weighted by atomic mass is 35.5. The summed E-state index contributed by atoms with van der Waals surface area (Å²) in [6.07, 6.45) is 1.40. The summed E-state index contributed by atoms with van der Waals surface area (Å²) in [6, 6.07) is 0. The fraction of sp³-hybridized carbons (Fsp3) is 0.636. The summed E-state index contributed by atoms with van der Waals surface area (Å²) in [5, 5.41) is 20.9. The van der Waals surface area contributed by atoms with Gasteiger partial charge < -0.3 is 10.4 Å². The first-order valence-corrected chi connectivity index (χ1v) is 5.85. The van der Waals surface area contributed by atoms with Crippen LogP contribution in [-0.4, -0.2) is 28.0 Å². The third-order valence-corrected chi connectivity index (χ3v) is 2.95. The van der Waals surface area contributed by atoms with Crippen LogP contribution < -0.4 is 5.32 Å². The van der Waals surface area contributed by atoms with Crippen LogP contribution in [0.5, 0.6) is 0 Å². The minimum Gasteiger partial charge on any atom is -0.391 e. The van der Waals surface area contributed by atoms with Crippen LogP contribution in [0.1, 0.15) is 30.9 Å². The smallest absolute Gasteiger partial charge is 0.155 e. The molecule has 1 aromatic heterocycles. The molecule has 1 aromatic rings. The molecule has 2 N–H and O–H groups in total. The van der Waals surface area contributed by atoms with E-state index in [0.717, 1.165) is 24.0 Å². The van der Waals surface area contributed by atoms with Gasteiger partial charge in [-0.15, -0.1) is 10.2 Å². The van der Waals surface area contributed by atoms with Crippen molar-refractivity contribution in [1.82, 2.24) is 10.2 Å². The van der Waals surface area contributed by atoms with Gasteiger partial charge in [0.05, 0.1) is 6.10 Å². The van der Waals surface area contributed by atoms with Gasteiger partial charge in [0.2, 0.25) is 0 Å². The van der Waals surface area contributed by atoms with Crippen molar-refractivity contribution < 1.29 is 5.11 Å². The Morgan fingerprint density at radius 2 is 2.00 bits per heavy atom. The lowest BCUT2D eigenvalue weighted by molar-refractivity contribution is 0.176. The van der Waals surface area contributed by atoms with E-state index in [1.165, 1.54) is 0 Å². The van der Waals surface area contributed by atoms with E-state index in [0.29, 0.717) is 17.5 Å². The van der Waals surface area contributed by atoms with Crippen LogP contribution in [0.25, 0.3) is 0 Å². The van der Waals surface area contributed by atoms with Crippen LogP contribution in [-0.2, 0) is 0 Å². The lowest BCUT2D eigenvalue weighted by Crippen LogP contribution is -2.20. The Morgan fingerprint density at radius 3 is 2.62 bits per heavy atom. The summed E-state index contributed by atoms with van der Waals surface area (Å²) in [6.45, 7) is 6.37. The maximum absolute atomic E-state index is 9.59. The van der Waals surface area contributed by atoms with Crippen molar-refractivity contribution in [3.8, 4) is 0 Å². The van der Waals surface area contributed by atoms with E-state index in [9.17, 15) is 5.11 Å². The molecule has 0 aromatic carbocycles. The Morgan fingerprint density at radius 1 is 1.31 bits per heavy atom. The Kier molecular flexibility index (Phi) is 4.96. The van der Waals surface area contributed by atoms with Gasteiger partial charge in [-0.2, -0.15) is 0 Å². The van der Waals surface area contributed by atoms with Crippen LogP contribution in [0, 0.1) is 13.8 Å². The Hall–Kier alpha value is -0.870. The number of halogens is 1. The van der Waals surface area contributed by atoms with E-state index >= 15 is 0 Å². The third kappa shape index (κ3) is 3.32. The normalized spacial score (nSPS) is 12.6. The second kappa shape index (κ2) is 6.01. The summed E-state index contributed by atoms with van der Waals surface area (Å²) in [5.41, 5.74) is 1.90. The zero-order chi connectivity index (χ0) is 12.1. The first-order valence-electron chi connectivity index (χ1n) is 5.47. The SMILES string of the molecule is CCCC(O)CNc1nnc(Cl)c(C)c1C. The fourth-order valence-electron chi connectivity index (χ4n) is 1.39. The molecule has 0 aliphatic carbocycles. The van der Waals surface area contributed by atoms with Crippen molar-refractivity contribution in [2.24, 2.45) is 0 Å². The lowest BCUT2D eigenvalue weighted by Gasteiger charge is -2.13. The summed E-state index contributed by atoms with van der Waals surface area (Å²) in [4.78, 5) is 0. The van der Waals surface area contributed by atoms with Crippen molar-refractivity contribution >= 4 is 17.4 Å². The minimum absolute atomic E-state index is 0.345. The summed E-state index contributed by atoms with van der Waals surface area (Å²) < 4.78 is 0. The van der Waals surface area contributed by atoms with Crippen molar-refractivity contribution in [3.63, 3.8) is 0 Å². The highest BCUT2D eigenvalue weighted by molar-refractivity contribution is 6.30. The molecule has 0 aliphatic heterocycles.